The van der Waals surface area contributed by atoms with E-state index in [9.17, 15) is 4.79 Å². The minimum absolute atomic E-state index is 0.248. The summed E-state index contributed by atoms with van der Waals surface area (Å²) in [5.74, 6) is 1.21. The van der Waals surface area contributed by atoms with Gasteiger partial charge in [0.1, 0.15) is 0 Å². The lowest BCUT2D eigenvalue weighted by Gasteiger charge is -2.30. The minimum atomic E-state index is -0.248. The number of methoxy groups -OCH3 is 2. The molecule has 1 aliphatic rings. The Morgan fingerprint density at radius 1 is 1.19 bits per heavy atom. The molecule has 1 heterocycles. The molecule has 0 aliphatic carbocycles. The number of urea groups is 1. The van der Waals surface area contributed by atoms with Crippen LogP contribution in [0, 0.1) is 0 Å². The van der Waals surface area contributed by atoms with Crippen molar-refractivity contribution in [3.05, 3.63) is 18.2 Å². The molecule has 0 bridgehead atoms. The Bertz CT molecular complexity index is 487. The standard InChI is InChI=1S/C14H22N4O3/c1-17-6-8-18(9-7-17)16-14(19)15-11-4-5-12(20-2)13(10-11)21-3/h4-5,10H,6-9H2,1-3H3,(H2,15,16,19)/p+1. The van der Waals surface area contributed by atoms with Crippen LogP contribution in [0.1, 0.15) is 0 Å². The largest absolute Gasteiger partial charge is 0.493 e. The number of piperazine rings is 1. The van der Waals surface area contributed by atoms with E-state index in [2.05, 4.69) is 17.8 Å². The zero-order valence-electron chi connectivity index (χ0n) is 12.7. The Labute approximate surface area is 124 Å². The van der Waals surface area contributed by atoms with Gasteiger partial charge in [0.15, 0.2) is 11.5 Å². The van der Waals surface area contributed by atoms with Crippen molar-refractivity contribution in [3.8, 4) is 11.5 Å². The summed E-state index contributed by atoms with van der Waals surface area (Å²) in [4.78, 5) is 13.5. The number of carbonyl (C=O) groups is 1. The van der Waals surface area contributed by atoms with Crippen molar-refractivity contribution in [2.75, 3.05) is 52.8 Å². The van der Waals surface area contributed by atoms with Crippen LogP contribution >= 0.6 is 0 Å². The van der Waals surface area contributed by atoms with E-state index in [1.807, 2.05) is 5.01 Å². The van der Waals surface area contributed by atoms with Crippen LogP contribution in [0.25, 0.3) is 0 Å². The molecule has 1 fully saturated rings. The summed E-state index contributed by atoms with van der Waals surface area (Å²) in [6.07, 6.45) is 0. The summed E-state index contributed by atoms with van der Waals surface area (Å²) in [5, 5.41) is 4.73. The number of nitrogens with one attached hydrogen (secondary N) is 3. The fourth-order valence-electron chi connectivity index (χ4n) is 2.22. The molecule has 1 aliphatic heterocycles. The molecule has 1 aromatic rings. The smallest absolute Gasteiger partial charge is 0.333 e. The second-order valence-electron chi connectivity index (χ2n) is 5.08. The number of carbonyl (C=O) groups excluding carboxylic acids is 1. The van der Waals surface area contributed by atoms with Gasteiger partial charge in [-0.1, -0.05) is 0 Å². The van der Waals surface area contributed by atoms with Gasteiger partial charge in [-0.25, -0.2) is 9.80 Å². The molecule has 3 N–H and O–H groups in total. The van der Waals surface area contributed by atoms with Gasteiger partial charge >= 0.3 is 6.03 Å². The van der Waals surface area contributed by atoms with E-state index in [0.717, 1.165) is 26.2 Å². The van der Waals surface area contributed by atoms with E-state index in [1.54, 1.807) is 32.4 Å². The lowest BCUT2D eigenvalue weighted by Crippen LogP contribution is -3.12. The zero-order valence-corrected chi connectivity index (χ0v) is 12.7. The van der Waals surface area contributed by atoms with Gasteiger partial charge in [0.25, 0.3) is 0 Å². The van der Waals surface area contributed by atoms with Gasteiger partial charge in [-0.05, 0) is 12.1 Å². The fourth-order valence-corrected chi connectivity index (χ4v) is 2.22. The van der Waals surface area contributed by atoms with Crippen molar-refractivity contribution in [2.45, 2.75) is 0 Å². The maximum atomic E-state index is 12.0. The van der Waals surface area contributed by atoms with E-state index >= 15 is 0 Å². The van der Waals surface area contributed by atoms with Crippen LogP contribution in [0.3, 0.4) is 0 Å². The SMILES string of the molecule is COc1ccc(NC(=O)NN2CC[NH+](C)CC2)cc1OC. The fraction of sp³-hybridized carbons (Fsp3) is 0.500. The first kappa shape index (κ1) is 15.4. The molecule has 116 valence electrons. The second-order valence-corrected chi connectivity index (χ2v) is 5.08. The normalized spacial score (nSPS) is 16.3. The van der Waals surface area contributed by atoms with Crippen molar-refractivity contribution in [1.29, 1.82) is 0 Å². The third kappa shape index (κ3) is 4.24. The molecule has 7 nitrogen and oxygen atoms in total. The molecule has 0 atom stereocenters. The van der Waals surface area contributed by atoms with Crippen molar-refractivity contribution >= 4 is 11.7 Å². The van der Waals surface area contributed by atoms with Gasteiger partial charge < -0.3 is 19.7 Å². The number of nitrogens with zero attached hydrogens (tertiary/aromatic N) is 1. The van der Waals surface area contributed by atoms with Crippen LogP contribution in [0.5, 0.6) is 11.5 Å². The summed E-state index contributed by atoms with van der Waals surface area (Å²) in [6.45, 7) is 3.75. The van der Waals surface area contributed by atoms with Crippen molar-refractivity contribution in [3.63, 3.8) is 0 Å². The van der Waals surface area contributed by atoms with Crippen LogP contribution < -0.4 is 25.1 Å². The van der Waals surface area contributed by atoms with E-state index in [4.69, 9.17) is 9.47 Å². The van der Waals surface area contributed by atoms with Crippen LogP contribution in [0.2, 0.25) is 0 Å². The Morgan fingerprint density at radius 2 is 1.86 bits per heavy atom. The van der Waals surface area contributed by atoms with Gasteiger partial charge in [0, 0.05) is 11.8 Å². The molecule has 21 heavy (non-hydrogen) atoms. The highest BCUT2D eigenvalue weighted by molar-refractivity contribution is 5.89. The molecule has 7 heteroatoms. The number of benzene rings is 1. The zero-order chi connectivity index (χ0) is 15.2. The topological polar surface area (TPSA) is 67.3 Å². The number of anilines is 1. The maximum absolute atomic E-state index is 12.0. The van der Waals surface area contributed by atoms with E-state index in [1.165, 1.54) is 4.90 Å². The predicted molar refractivity (Wildman–Crippen MR) is 79.9 cm³/mol. The Kier molecular flexibility index (Phi) is 5.24. The Hall–Kier alpha value is -1.99. The highest BCUT2D eigenvalue weighted by atomic mass is 16.5. The third-order valence-corrected chi connectivity index (χ3v) is 3.52. The van der Waals surface area contributed by atoms with Gasteiger partial charge in [-0.15, -0.1) is 0 Å². The van der Waals surface area contributed by atoms with Gasteiger partial charge in [-0.3, -0.25) is 5.43 Å². The average Bonchev–Trinajstić information content (AvgIpc) is 2.49. The van der Waals surface area contributed by atoms with Gasteiger partial charge in [0.2, 0.25) is 0 Å². The number of quaternary nitrogens is 1. The number of rotatable bonds is 4. The minimum Gasteiger partial charge on any atom is -0.493 e. The van der Waals surface area contributed by atoms with Crippen LogP contribution in [-0.2, 0) is 0 Å². The number of ether oxygens (including phenoxy) is 2. The first-order valence-electron chi connectivity index (χ1n) is 6.98. The molecule has 0 radical (unpaired) electrons. The molecular weight excluding hydrogens is 272 g/mol. The highest BCUT2D eigenvalue weighted by Crippen LogP contribution is 2.29. The summed E-state index contributed by atoms with van der Waals surface area (Å²) in [5.41, 5.74) is 3.51. The summed E-state index contributed by atoms with van der Waals surface area (Å²) < 4.78 is 10.4. The number of amides is 2. The lowest BCUT2D eigenvalue weighted by molar-refractivity contribution is -0.884. The predicted octanol–water partition coefficient (Wildman–Crippen LogP) is -0.429. The van der Waals surface area contributed by atoms with Gasteiger partial charge in [-0.2, -0.15) is 0 Å². The Balaban J connectivity index is 1.90. The Morgan fingerprint density at radius 3 is 2.48 bits per heavy atom. The lowest BCUT2D eigenvalue weighted by atomic mass is 10.3. The molecule has 0 saturated carbocycles. The van der Waals surface area contributed by atoms with Crippen molar-refractivity contribution < 1.29 is 19.2 Å². The molecule has 0 aromatic heterocycles. The summed E-state index contributed by atoms with van der Waals surface area (Å²) in [7, 11) is 5.29. The molecule has 0 unspecified atom stereocenters. The molecule has 2 amide bonds. The molecule has 1 saturated heterocycles. The first-order chi connectivity index (χ1) is 10.1. The molecule has 1 aromatic carbocycles. The monoisotopic (exact) mass is 295 g/mol. The van der Waals surface area contributed by atoms with Crippen LogP contribution in [0.15, 0.2) is 18.2 Å². The second kappa shape index (κ2) is 7.14. The van der Waals surface area contributed by atoms with Crippen molar-refractivity contribution in [2.24, 2.45) is 0 Å². The molecule has 0 spiro atoms. The molecule has 2 rings (SSSR count). The summed E-state index contributed by atoms with van der Waals surface area (Å²) >= 11 is 0. The van der Waals surface area contributed by atoms with Crippen molar-refractivity contribution in [1.82, 2.24) is 10.4 Å². The van der Waals surface area contributed by atoms with E-state index < -0.39 is 0 Å². The first-order valence-corrected chi connectivity index (χ1v) is 6.98. The molecular formula is C14H23N4O3+. The highest BCUT2D eigenvalue weighted by Gasteiger charge is 2.18. The summed E-state index contributed by atoms with van der Waals surface area (Å²) in [6, 6.07) is 5.01. The number of likely N-dealkylation sites (N-methyl/N-ethyl adjacent to an activating group) is 1. The van der Waals surface area contributed by atoms with E-state index in [0.29, 0.717) is 17.2 Å². The number of hydrogen-bond acceptors (Lipinski definition) is 4. The number of hydrazine groups is 1. The quantitative estimate of drug-likeness (QED) is 0.705. The third-order valence-electron chi connectivity index (χ3n) is 3.52. The van der Waals surface area contributed by atoms with Gasteiger partial charge in [0.05, 0.1) is 47.4 Å². The maximum Gasteiger partial charge on any atom is 0.333 e. The average molecular weight is 295 g/mol. The van der Waals surface area contributed by atoms with Crippen LogP contribution in [-0.4, -0.2) is 58.5 Å². The van der Waals surface area contributed by atoms with Crippen LogP contribution in [0.4, 0.5) is 10.5 Å². The van der Waals surface area contributed by atoms with E-state index in [-0.39, 0.29) is 6.03 Å². The number of hydrogen-bond donors (Lipinski definition) is 3.